The molecule has 1 aromatic heterocycles. The molecule has 3 aromatic rings. The Balaban J connectivity index is 1.77. The lowest BCUT2D eigenvalue weighted by molar-refractivity contribution is 0.0272. The van der Waals surface area contributed by atoms with Crippen molar-refractivity contribution in [3.8, 4) is 28.6 Å². The minimum Gasteiger partial charge on any atom is -0.508 e. The Kier molecular flexibility index (Phi) is 6.71. The maximum absolute atomic E-state index is 12.1. The number of carbonyl (C=O) groups is 1. The van der Waals surface area contributed by atoms with Crippen molar-refractivity contribution in [1.82, 2.24) is 20.1 Å². The van der Waals surface area contributed by atoms with Gasteiger partial charge in [0.2, 0.25) is 5.82 Å². The fourth-order valence-electron chi connectivity index (χ4n) is 4.20. The predicted octanol–water partition coefficient (Wildman–Crippen LogP) is 2.34. The Hall–Kier alpha value is -3.63. The van der Waals surface area contributed by atoms with E-state index in [2.05, 4.69) is 27.3 Å². The summed E-state index contributed by atoms with van der Waals surface area (Å²) < 4.78 is 7.41. The molecule has 180 valence electrons. The van der Waals surface area contributed by atoms with Crippen LogP contribution in [0.25, 0.3) is 17.1 Å². The molecule has 5 N–H and O–H groups in total. The molecule has 2 heterocycles. The fraction of sp³-hybridized carbons (Fsp3) is 0.375. The van der Waals surface area contributed by atoms with Gasteiger partial charge in [0.15, 0.2) is 5.82 Å². The molecule has 2 aromatic carbocycles. The standard InChI is InChI=1S/C24H30N6O4/c1-4-29(21-13-26-9-10-34-21)15-5-7-16(8-6-15)30-23(27-28-24(30)22(25)33)18-11-17(14(2)3)19(31)12-20(18)32/h5-8,11-12,14,21,26,31-32H,4,9-10,13H2,1-3H3,(H2,25,33). The monoisotopic (exact) mass is 466 g/mol. The molecule has 0 spiro atoms. The van der Waals surface area contributed by atoms with Gasteiger partial charge in [-0.25, -0.2) is 0 Å². The number of benzene rings is 2. The maximum atomic E-state index is 12.1. The van der Waals surface area contributed by atoms with E-state index in [9.17, 15) is 15.0 Å². The highest BCUT2D eigenvalue weighted by Gasteiger charge is 2.24. The number of aromatic nitrogens is 3. The molecule has 1 aliphatic rings. The van der Waals surface area contributed by atoms with Gasteiger partial charge < -0.3 is 30.9 Å². The van der Waals surface area contributed by atoms with Crippen LogP contribution < -0.4 is 16.0 Å². The first kappa shape index (κ1) is 23.5. The largest absolute Gasteiger partial charge is 0.508 e. The molecule has 1 atom stereocenters. The minimum atomic E-state index is -0.748. The summed E-state index contributed by atoms with van der Waals surface area (Å²) in [4.78, 5) is 14.3. The van der Waals surface area contributed by atoms with Gasteiger partial charge in [-0.05, 0) is 48.7 Å². The SMILES string of the molecule is CCN(c1ccc(-n2c(C(N)=O)nnc2-c2cc(C(C)C)c(O)cc2O)cc1)C1CNCCO1. The molecule has 1 fully saturated rings. The summed E-state index contributed by atoms with van der Waals surface area (Å²) in [5.74, 6) is -0.756. The molecule has 1 amide bonds. The number of carbonyl (C=O) groups excluding carboxylic acids is 1. The summed E-state index contributed by atoms with van der Waals surface area (Å²) in [6.45, 7) is 8.90. The van der Waals surface area contributed by atoms with Crippen molar-refractivity contribution in [3.05, 3.63) is 47.8 Å². The average Bonchev–Trinajstić information content (AvgIpc) is 3.26. The number of aromatic hydroxyl groups is 2. The lowest BCUT2D eigenvalue weighted by Gasteiger charge is -2.35. The van der Waals surface area contributed by atoms with Gasteiger partial charge in [0.25, 0.3) is 5.91 Å². The van der Waals surface area contributed by atoms with Gasteiger partial charge in [0.1, 0.15) is 17.7 Å². The molecule has 0 bridgehead atoms. The number of anilines is 1. The number of nitrogens with one attached hydrogen (secondary N) is 1. The summed E-state index contributed by atoms with van der Waals surface area (Å²) >= 11 is 0. The zero-order chi connectivity index (χ0) is 24.4. The smallest absolute Gasteiger partial charge is 0.287 e. The molecule has 10 heteroatoms. The van der Waals surface area contributed by atoms with Gasteiger partial charge in [0.05, 0.1) is 12.2 Å². The number of likely N-dealkylation sites (N-methyl/N-ethyl adjacent to an activating group) is 1. The van der Waals surface area contributed by atoms with Crippen molar-refractivity contribution in [2.75, 3.05) is 31.1 Å². The van der Waals surface area contributed by atoms with Crippen molar-refractivity contribution in [2.24, 2.45) is 5.73 Å². The number of phenols is 2. The topological polar surface area (TPSA) is 139 Å². The lowest BCUT2D eigenvalue weighted by atomic mass is 9.98. The normalized spacial score (nSPS) is 16.1. The van der Waals surface area contributed by atoms with E-state index in [1.165, 1.54) is 10.6 Å². The highest BCUT2D eigenvalue weighted by molar-refractivity contribution is 5.91. The molecular weight excluding hydrogens is 436 g/mol. The van der Waals surface area contributed by atoms with E-state index < -0.39 is 5.91 Å². The average molecular weight is 467 g/mol. The molecule has 34 heavy (non-hydrogen) atoms. The van der Waals surface area contributed by atoms with Gasteiger partial charge in [0, 0.05) is 37.1 Å². The summed E-state index contributed by atoms with van der Waals surface area (Å²) in [5.41, 5.74) is 8.13. The van der Waals surface area contributed by atoms with Crippen LogP contribution in [-0.4, -0.2) is 63.4 Å². The van der Waals surface area contributed by atoms with Gasteiger partial charge in [-0.2, -0.15) is 0 Å². The number of primary amides is 1. The van der Waals surface area contributed by atoms with E-state index in [0.29, 0.717) is 23.4 Å². The van der Waals surface area contributed by atoms with Crippen LogP contribution in [0, 0.1) is 0 Å². The van der Waals surface area contributed by atoms with Crippen LogP contribution >= 0.6 is 0 Å². The van der Waals surface area contributed by atoms with Crippen molar-refractivity contribution >= 4 is 11.6 Å². The lowest BCUT2D eigenvalue weighted by Crippen LogP contribution is -2.49. The molecule has 0 saturated carbocycles. The number of rotatable bonds is 7. The van der Waals surface area contributed by atoms with Crippen LogP contribution in [0.15, 0.2) is 36.4 Å². The Morgan fingerprint density at radius 3 is 2.56 bits per heavy atom. The second-order valence-electron chi connectivity index (χ2n) is 8.46. The number of phenolic OH excluding ortho intramolecular Hbond substituents is 2. The molecular formula is C24H30N6O4. The number of nitrogens with two attached hydrogens (primary N) is 1. The Morgan fingerprint density at radius 2 is 1.97 bits per heavy atom. The van der Waals surface area contributed by atoms with E-state index in [4.69, 9.17) is 10.5 Å². The van der Waals surface area contributed by atoms with E-state index >= 15 is 0 Å². The van der Waals surface area contributed by atoms with Crippen molar-refractivity contribution in [2.45, 2.75) is 32.9 Å². The van der Waals surface area contributed by atoms with Crippen LogP contribution in [0.4, 0.5) is 5.69 Å². The highest BCUT2D eigenvalue weighted by atomic mass is 16.5. The Bertz CT molecular complexity index is 1170. The van der Waals surface area contributed by atoms with Crippen LogP contribution in [0.5, 0.6) is 11.5 Å². The van der Waals surface area contributed by atoms with Crippen LogP contribution in [-0.2, 0) is 4.74 Å². The van der Waals surface area contributed by atoms with Gasteiger partial charge in [-0.15, -0.1) is 10.2 Å². The number of morpholine rings is 1. The van der Waals surface area contributed by atoms with E-state index in [1.807, 2.05) is 38.1 Å². The van der Waals surface area contributed by atoms with Gasteiger partial charge in [-0.1, -0.05) is 13.8 Å². The summed E-state index contributed by atoms with van der Waals surface area (Å²) in [7, 11) is 0. The van der Waals surface area contributed by atoms with Crippen LogP contribution in [0.2, 0.25) is 0 Å². The molecule has 10 nitrogen and oxygen atoms in total. The first-order chi connectivity index (χ1) is 16.3. The molecule has 1 unspecified atom stereocenters. The predicted molar refractivity (Wildman–Crippen MR) is 128 cm³/mol. The zero-order valence-corrected chi connectivity index (χ0v) is 19.5. The van der Waals surface area contributed by atoms with Crippen LogP contribution in [0.3, 0.4) is 0 Å². The maximum Gasteiger partial charge on any atom is 0.287 e. The van der Waals surface area contributed by atoms with Crippen molar-refractivity contribution < 1.29 is 19.7 Å². The molecule has 4 rings (SSSR count). The van der Waals surface area contributed by atoms with Gasteiger partial charge >= 0.3 is 0 Å². The third-order valence-corrected chi connectivity index (χ3v) is 5.93. The minimum absolute atomic E-state index is 0.00198. The van der Waals surface area contributed by atoms with E-state index in [0.717, 1.165) is 25.3 Å². The summed E-state index contributed by atoms with van der Waals surface area (Å²) in [5, 5.41) is 32.3. The first-order valence-corrected chi connectivity index (χ1v) is 11.3. The number of amides is 1. The molecule has 1 aliphatic heterocycles. The number of hydrogen-bond donors (Lipinski definition) is 4. The van der Waals surface area contributed by atoms with Crippen molar-refractivity contribution in [3.63, 3.8) is 0 Å². The third-order valence-electron chi connectivity index (χ3n) is 5.93. The molecule has 0 radical (unpaired) electrons. The van der Waals surface area contributed by atoms with E-state index in [1.54, 1.807) is 6.07 Å². The Labute approximate surface area is 198 Å². The second-order valence-corrected chi connectivity index (χ2v) is 8.46. The number of nitrogens with zero attached hydrogens (tertiary/aromatic N) is 4. The quantitative estimate of drug-likeness (QED) is 0.416. The Morgan fingerprint density at radius 1 is 1.24 bits per heavy atom. The molecule has 1 saturated heterocycles. The van der Waals surface area contributed by atoms with Crippen LogP contribution in [0.1, 0.15) is 42.9 Å². The summed E-state index contributed by atoms with van der Waals surface area (Å²) in [6.07, 6.45) is -0.0698. The fourth-order valence-corrected chi connectivity index (χ4v) is 4.20. The van der Waals surface area contributed by atoms with Gasteiger partial charge in [-0.3, -0.25) is 9.36 Å². The molecule has 0 aliphatic carbocycles. The third kappa shape index (κ3) is 4.42. The number of ether oxygens (including phenoxy) is 1. The first-order valence-electron chi connectivity index (χ1n) is 11.3. The number of hydrogen-bond acceptors (Lipinski definition) is 8. The van der Waals surface area contributed by atoms with Crippen molar-refractivity contribution in [1.29, 1.82) is 0 Å². The highest BCUT2D eigenvalue weighted by Crippen LogP contribution is 2.38. The zero-order valence-electron chi connectivity index (χ0n) is 19.5. The summed E-state index contributed by atoms with van der Waals surface area (Å²) in [6, 6.07) is 10.5. The van der Waals surface area contributed by atoms with E-state index in [-0.39, 0.29) is 35.3 Å². The second kappa shape index (κ2) is 9.70.